The molecule has 0 spiro atoms. The van der Waals surface area contributed by atoms with E-state index >= 15 is 0 Å². The van der Waals surface area contributed by atoms with Crippen molar-refractivity contribution in [2.45, 2.75) is 73.6 Å². The van der Waals surface area contributed by atoms with Gasteiger partial charge in [0.05, 0.1) is 38.8 Å². The third kappa shape index (κ3) is 9.30. The van der Waals surface area contributed by atoms with E-state index in [0.29, 0.717) is 0 Å². The Bertz CT molecular complexity index is 3330. The first-order valence-corrected chi connectivity index (χ1v) is 23.1. The number of rotatable bonds is 17. The quantitative estimate of drug-likeness (QED) is 0.0232. The van der Waals surface area contributed by atoms with Crippen LogP contribution in [-0.4, -0.2) is 169 Å². The van der Waals surface area contributed by atoms with Gasteiger partial charge < -0.3 is 66.7 Å². The number of azide groups is 3. The maximum Gasteiger partial charge on any atom is 0.472 e. The molecule has 0 aromatic carbocycles. The molecule has 0 amide bonds. The number of nitrogens with two attached hydrogens (primary N) is 3. The highest BCUT2D eigenvalue weighted by Crippen LogP contribution is 2.53. The van der Waals surface area contributed by atoms with Gasteiger partial charge in [0.15, 0.2) is 53.1 Å². The number of hydrogen-bond donors (Lipinski definition) is 10. The number of hydrogen-bond acceptors (Lipinski definition) is 29. The summed E-state index contributed by atoms with van der Waals surface area (Å²) in [6.45, 7) is -2.90. The molecule has 6 aromatic heterocycles. The van der Waals surface area contributed by atoms with Crippen molar-refractivity contribution in [2.24, 2.45) is 15.3 Å². The minimum Gasteiger partial charge on any atom is -0.394 e. The molecular formula is C30H34N24O16P2. The van der Waals surface area contributed by atoms with E-state index in [9.17, 15) is 44.4 Å². The highest BCUT2D eigenvalue weighted by Gasteiger charge is 2.53. The molecule has 0 saturated carbocycles. The smallest absolute Gasteiger partial charge is 0.394 e. The minimum atomic E-state index is -5.47. The molecule has 0 radical (unpaired) electrons. The molecule has 3 aliphatic rings. The summed E-state index contributed by atoms with van der Waals surface area (Å²) in [6, 6.07) is 0. The fraction of sp³-hybridized carbons (Fsp3) is 0.500. The number of aromatic nitrogens is 12. The zero-order valence-corrected chi connectivity index (χ0v) is 37.4. The fourth-order valence-electron chi connectivity index (χ4n) is 7.79. The Kier molecular flexibility index (Phi) is 13.5. The highest BCUT2D eigenvalue weighted by molar-refractivity contribution is 7.47. The highest BCUT2D eigenvalue weighted by atomic mass is 31.2. The summed E-state index contributed by atoms with van der Waals surface area (Å²) < 4.78 is 69.2. The number of nitrogens with zero attached hydrogens (tertiary/aromatic N) is 21. The monoisotopic (exact) mass is 1050 g/mol. The lowest BCUT2D eigenvalue weighted by Crippen LogP contribution is -2.37. The van der Waals surface area contributed by atoms with E-state index in [1.54, 1.807) is 0 Å². The first kappa shape index (κ1) is 49.8. The summed E-state index contributed by atoms with van der Waals surface area (Å²) in [5, 5.41) is 64.5. The van der Waals surface area contributed by atoms with Crippen LogP contribution in [-0.2, 0) is 41.4 Å². The lowest BCUT2D eigenvalue weighted by molar-refractivity contribution is -0.0644. The van der Waals surface area contributed by atoms with Crippen molar-refractivity contribution >= 4 is 84.4 Å². The number of aliphatic hydroxyl groups is 5. The Balaban J connectivity index is 0.946. The first-order valence-electron chi connectivity index (χ1n) is 20.1. The number of imidazole rings is 3. The second kappa shape index (κ2) is 19.5. The summed E-state index contributed by atoms with van der Waals surface area (Å²) in [5.41, 5.74) is 43.9. The Morgan fingerprint density at radius 1 is 0.569 bits per heavy atom. The number of nitrogen functional groups attached to an aromatic ring is 3. The Morgan fingerprint density at radius 2 is 0.917 bits per heavy atom. The zero-order valence-electron chi connectivity index (χ0n) is 35.6. The Morgan fingerprint density at radius 3 is 1.31 bits per heavy atom. The number of phosphoric acid groups is 2. The van der Waals surface area contributed by atoms with Crippen molar-refractivity contribution in [3.63, 3.8) is 0 Å². The predicted octanol–water partition coefficient (Wildman–Crippen LogP) is -0.789. The summed E-state index contributed by atoms with van der Waals surface area (Å²) in [4.78, 5) is 65.8. The molecule has 42 heteroatoms. The number of fused-ring (bicyclic) bond motifs is 3. The van der Waals surface area contributed by atoms with E-state index in [1.807, 2.05) is 0 Å². The van der Waals surface area contributed by atoms with Crippen LogP contribution in [0.15, 0.2) is 34.3 Å². The molecule has 6 aromatic rings. The van der Waals surface area contributed by atoms with Crippen LogP contribution in [0.4, 0.5) is 35.3 Å². The van der Waals surface area contributed by atoms with Gasteiger partial charge >= 0.3 is 15.6 Å². The van der Waals surface area contributed by atoms with Crippen molar-refractivity contribution in [2.75, 3.05) is 37.0 Å². The molecule has 2 unspecified atom stereocenters. The standard InChI is InChI=1S/C30H34N24O16P2/c31-19-10-22(43-28(40-19)46-49-34)52(4-37-10)25-16(59)13(56)8(67-25)2-64-71(60,61)70-18-15(58)9(68-27(18)54-6-39-12-21(33)42-30(48-51-36)45-24(12)54)3-65-72(62,63)69-17-14(57)7(1-55)66-26(17)53-5-38-11-20(32)41-29(47-50-35)44-23(11)53/h4-9,13-18,25-27,55-59H,1-3H2,(H,60,61)(H,62,63)(H2,31,40,43)(H2,32,41,44)(H2,33,42,45)/t7-,8-,9-,13-,14-,15-,16-,17-,18-,25-,26-,27-/m1/s1. The summed E-state index contributed by atoms with van der Waals surface area (Å²) >= 11 is 0. The molecule has 0 aliphatic carbocycles. The van der Waals surface area contributed by atoms with Gasteiger partial charge in [-0.3, -0.25) is 31.8 Å². The first-order chi connectivity index (χ1) is 34.3. The van der Waals surface area contributed by atoms with E-state index in [4.69, 9.17) is 66.1 Å². The summed E-state index contributed by atoms with van der Waals surface area (Å²) in [6.07, 6.45) is -17.9. The van der Waals surface area contributed by atoms with Crippen LogP contribution in [0.1, 0.15) is 18.7 Å². The average Bonchev–Trinajstić information content (AvgIpc) is 4.19. The van der Waals surface area contributed by atoms with Crippen LogP contribution >= 0.6 is 15.6 Å². The second-order valence-electron chi connectivity index (χ2n) is 15.3. The van der Waals surface area contributed by atoms with Gasteiger partial charge in [0.1, 0.15) is 71.5 Å². The van der Waals surface area contributed by atoms with Gasteiger partial charge in [-0.1, -0.05) is 0 Å². The van der Waals surface area contributed by atoms with Crippen LogP contribution in [0.2, 0.25) is 0 Å². The maximum absolute atomic E-state index is 13.7. The zero-order chi connectivity index (χ0) is 51.4. The lowest BCUT2D eigenvalue weighted by atomic mass is 10.1. The van der Waals surface area contributed by atoms with Crippen LogP contribution < -0.4 is 17.2 Å². The molecule has 3 saturated heterocycles. The Hall–Kier alpha value is -7.12. The largest absolute Gasteiger partial charge is 0.472 e. The van der Waals surface area contributed by atoms with E-state index in [2.05, 4.69) is 74.9 Å². The van der Waals surface area contributed by atoms with Gasteiger partial charge in [-0.05, 0) is 31.9 Å². The topological polar surface area (TPSA) is 596 Å². The van der Waals surface area contributed by atoms with Crippen LogP contribution in [0.25, 0.3) is 64.8 Å². The van der Waals surface area contributed by atoms with Crippen LogP contribution in [0.3, 0.4) is 0 Å². The van der Waals surface area contributed by atoms with E-state index in [0.717, 1.165) is 32.7 Å². The van der Waals surface area contributed by atoms with E-state index in [-0.39, 0.29) is 50.9 Å². The predicted molar refractivity (Wildman–Crippen MR) is 230 cm³/mol. The Labute approximate surface area is 395 Å². The average molecular weight is 1050 g/mol. The van der Waals surface area contributed by atoms with Gasteiger partial charge in [-0.15, -0.1) is 0 Å². The molecule has 9 rings (SSSR count). The maximum atomic E-state index is 13.7. The van der Waals surface area contributed by atoms with Crippen LogP contribution in [0, 0.1) is 0 Å². The van der Waals surface area contributed by atoms with Crippen molar-refractivity contribution in [1.29, 1.82) is 0 Å². The van der Waals surface area contributed by atoms with Crippen molar-refractivity contribution in [3.05, 3.63) is 50.3 Å². The van der Waals surface area contributed by atoms with Gasteiger partial charge in [-0.25, -0.2) is 54.0 Å². The number of phosphoric ester groups is 2. The SMILES string of the molecule is [N-]=[N+]=Nc1nc(N)c2ncn([C@@H]3O[C@H](COP(=O)(O)O[C@@H]4[C@H](O)[C@@H](COP(=O)(O)O[C@@H]5[C@H](O)[C@@H](CO)O[C@H]5n5cnc6c(N)nc(N=[N+]=[N-])nc65)O[C@H]4n4cnc5c(N)nc(N=[N+]=[N-])nc54)[C@@H](O)[C@H]3O)c2n1. The molecule has 3 fully saturated rings. The number of anilines is 3. The fourth-order valence-corrected chi connectivity index (χ4v) is 9.66. The van der Waals surface area contributed by atoms with Crippen molar-refractivity contribution in [3.8, 4) is 0 Å². The number of aliphatic hydroxyl groups excluding tert-OH is 5. The molecule has 3 aliphatic heterocycles. The normalized spacial score (nSPS) is 28.9. The summed E-state index contributed by atoms with van der Waals surface area (Å²) in [5.74, 6) is -2.14. The molecule has 9 heterocycles. The molecule has 0 bridgehead atoms. The van der Waals surface area contributed by atoms with Crippen molar-refractivity contribution < 1.29 is 76.8 Å². The van der Waals surface area contributed by atoms with Crippen molar-refractivity contribution in [1.82, 2.24) is 58.6 Å². The number of ether oxygens (including phenoxy) is 3. The second-order valence-corrected chi connectivity index (χ2v) is 18.1. The molecule has 14 atom stereocenters. The molecular weight excluding hydrogens is 1010 g/mol. The third-order valence-electron chi connectivity index (χ3n) is 11.0. The molecule has 380 valence electrons. The van der Waals surface area contributed by atoms with E-state index < -0.39 is 127 Å². The lowest BCUT2D eigenvalue weighted by Gasteiger charge is -2.25. The third-order valence-corrected chi connectivity index (χ3v) is 13.0. The van der Waals surface area contributed by atoms with Gasteiger partial charge in [0.2, 0.25) is 17.8 Å². The van der Waals surface area contributed by atoms with E-state index in [1.165, 1.54) is 0 Å². The molecule has 13 N–H and O–H groups in total. The minimum absolute atomic E-state index is 0.00142. The van der Waals surface area contributed by atoms with Gasteiger partial charge in [-0.2, -0.15) is 0 Å². The van der Waals surface area contributed by atoms with Gasteiger partial charge in [0, 0.05) is 14.7 Å². The van der Waals surface area contributed by atoms with Crippen LogP contribution in [0.5, 0.6) is 0 Å². The summed E-state index contributed by atoms with van der Waals surface area (Å²) in [7, 11) is -10.9. The molecule has 72 heavy (non-hydrogen) atoms. The molecule has 40 nitrogen and oxygen atoms in total. The van der Waals surface area contributed by atoms with Gasteiger partial charge in [0.25, 0.3) is 0 Å².